The number of thiophene rings is 1. The van der Waals surface area contributed by atoms with Gasteiger partial charge in [-0.25, -0.2) is 9.37 Å². The van der Waals surface area contributed by atoms with E-state index in [0.29, 0.717) is 32.8 Å². The van der Waals surface area contributed by atoms with Crippen molar-refractivity contribution in [2.45, 2.75) is 6.54 Å². The number of halogens is 1. The van der Waals surface area contributed by atoms with Gasteiger partial charge in [0.15, 0.2) is 17.3 Å². The molecule has 2 heterocycles. The summed E-state index contributed by atoms with van der Waals surface area (Å²) in [6.45, 7) is -0.186. The largest absolute Gasteiger partial charge is 0.493 e. The molecule has 0 amide bonds. The molecule has 152 valence electrons. The number of carbonyl (C=O) groups is 1. The summed E-state index contributed by atoms with van der Waals surface area (Å²) in [4.78, 5) is 30.6. The fraction of sp³-hybridized carbons (Fsp3) is 0.136. The van der Waals surface area contributed by atoms with Crippen LogP contribution in [-0.2, 0) is 6.54 Å². The number of rotatable bonds is 6. The quantitative estimate of drug-likeness (QED) is 0.435. The van der Waals surface area contributed by atoms with Crippen LogP contribution in [0.15, 0.2) is 59.0 Å². The van der Waals surface area contributed by atoms with Crippen LogP contribution in [0.5, 0.6) is 11.5 Å². The van der Waals surface area contributed by atoms with Gasteiger partial charge in [-0.2, -0.15) is 0 Å². The van der Waals surface area contributed by atoms with Crippen LogP contribution in [0, 0.1) is 5.82 Å². The molecule has 0 unspecified atom stereocenters. The van der Waals surface area contributed by atoms with Gasteiger partial charge in [-0.15, -0.1) is 11.3 Å². The van der Waals surface area contributed by atoms with Crippen molar-refractivity contribution in [3.8, 4) is 22.6 Å². The zero-order valence-electron chi connectivity index (χ0n) is 16.2. The maximum absolute atomic E-state index is 13.1. The smallest absolute Gasteiger partial charge is 0.263 e. The van der Waals surface area contributed by atoms with E-state index in [0.717, 1.165) is 5.56 Å². The molecule has 8 heteroatoms. The molecule has 0 bridgehead atoms. The van der Waals surface area contributed by atoms with Gasteiger partial charge in [0.25, 0.3) is 5.56 Å². The summed E-state index contributed by atoms with van der Waals surface area (Å²) in [5.74, 6) is 0.400. The lowest BCUT2D eigenvalue weighted by Gasteiger charge is -2.09. The Morgan fingerprint density at radius 1 is 1.10 bits per heavy atom. The van der Waals surface area contributed by atoms with Crippen LogP contribution in [-0.4, -0.2) is 29.6 Å². The molecule has 0 aliphatic rings. The molecule has 0 spiro atoms. The van der Waals surface area contributed by atoms with Crippen LogP contribution in [0.2, 0.25) is 0 Å². The minimum absolute atomic E-state index is 0.186. The topological polar surface area (TPSA) is 70.4 Å². The fourth-order valence-electron chi connectivity index (χ4n) is 3.18. The number of carbonyl (C=O) groups excluding carboxylic acids is 1. The fourth-order valence-corrected chi connectivity index (χ4v) is 4.08. The van der Waals surface area contributed by atoms with Gasteiger partial charge in [-0.3, -0.25) is 14.2 Å². The van der Waals surface area contributed by atoms with E-state index in [1.807, 2.05) is 11.4 Å². The van der Waals surface area contributed by atoms with Gasteiger partial charge in [0.2, 0.25) is 0 Å². The third-order valence-electron chi connectivity index (χ3n) is 4.74. The third kappa shape index (κ3) is 3.57. The summed E-state index contributed by atoms with van der Waals surface area (Å²) in [6.07, 6.45) is 1.36. The van der Waals surface area contributed by atoms with E-state index in [4.69, 9.17) is 9.47 Å². The molecule has 30 heavy (non-hydrogen) atoms. The lowest BCUT2D eigenvalue weighted by molar-refractivity contribution is 0.0970. The van der Waals surface area contributed by atoms with Crippen molar-refractivity contribution in [1.29, 1.82) is 0 Å². The van der Waals surface area contributed by atoms with Gasteiger partial charge in [0.05, 0.1) is 32.5 Å². The Morgan fingerprint density at radius 3 is 2.53 bits per heavy atom. The molecular formula is C22H17FN2O4S. The first kappa shape index (κ1) is 19.8. The molecule has 0 saturated carbocycles. The SMILES string of the molecule is COc1ccc(-c2csc3ncn(CC(=O)c4ccc(F)cc4)c(=O)c23)cc1OC. The number of hydrogen-bond acceptors (Lipinski definition) is 6. The molecule has 0 radical (unpaired) electrons. The zero-order chi connectivity index (χ0) is 21.3. The van der Waals surface area contributed by atoms with Crippen LogP contribution < -0.4 is 15.0 Å². The highest BCUT2D eigenvalue weighted by molar-refractivity contribution is 7.17. The average molecular weight is 424 g/mol. The first-order valence-electron chi connectivity index (χ1n) is 8.99. The monoisotopic (exact) mass is 424 g/mol. The van der Waals surface area contributed by atoms with Crippen molar-refractivity contribution in [3.63, 3.8) is 0 Å². The van der Waals surface area contributed by atoms with E-state index in [1.165, 1.54) is 46.5 Å². The highest BCUT2D eigenvalue weighted by atomic mass is 32.1. The Balaban J connectivity index is 1.75. The summed E-state index contributed by atoms with van der Waals surface area (Å²) in [5.41, 5.74) is 1.49. The summed E-state index contributed by atoms with van der Waals surface area (Å²) in [5, 5.41) is 2.29. The molecular weight excluding hydrogens is 407 g/mol. The Kier molecular flexibility index (Phi) is 5.33. The minimum Gasteiger partial charge on any atom is -0.493 e. The predicted octanol–water partition coefficient (Wildman–Crippen LogP) is 4.16. The van der Waals surface area contributed by atoms with Crippen LogP contribution in [0.25, 0.3) is 21.3 Å². The molecule has 4 rings (SSSR count). The van der Waals surface area contributed by atoms with Crippen LogP contribution in [0.1, 0.15) is 10.4 Å². The second kappa shape index (κ2) is 8.08. The first-order valence-corrected chi connectivity index (χ1v) is 9.87. The van der Waals surface area contributed by atoms with Crippen molar-refractivity contribution in [2.75, 3.05) is 14.2 Å². The molecule has 0 atom stereocenters. The van der Waals surface area contributed by atoms with Gasteiger partial charge in [0, 0.05) is 16.5 Å². The number of ether oxygens (including phenoxy) is 2. The first-order chi connectivity index (χ1) is 14.5. The number of benzene rings is 2. The summed E-state index contributed by atoms with van der Waals surface area (Å²) < 4.78 is 25.0. The van der Waals surface area contributed by atoms with E-state index in [2.05, 4.69) is 4.98 Å². The van der Waals surface area contributed by atoms with Crippen molar-refractivity contribution in [3.05, 3.63) is 75.9 Å². The molecule has 4 aromatic rings. The number of aromatic nitrogens is 2. The van der Waals surface area contributed by atoms with Crippen molar-refractivity contribution in [1.82, 2.24) is 9.55 Å². The lowest BCUT2D eigenvalue weighted by Crippen LogP contribution is -2.24. The van der Waals surface area contributed by atoms with E-state index < -0.39 is 5.82 Å². The molecule has 0 fully saturated rings. The molecule has 6 nitrogen and oxygen atoms in total. The lowest BCUT2D eigenvalue weighted by atomic mass is 10.1. The number of nitrogens with zero attached hydrogens (tertiary/aromatic N) is 2. The van der Waals surface area contributed by atoms with E-state index >= 15 is 0 Å². The Bertz CT molecular complexity index is 1290. The molecule has 0 aliphatic carbocycles. The van der Waals surface area contributed by atoms with Gasteiger partial charge in [-0.05, 0) is 42.0 Å². The second-order valence-electron chi connectivity index (χ2n) is 6.51. The highest BCUT2D eigenvalue weighted by Crippen LogP contribution is 2.36. The average Bonchev–Trinajstić information content (AvgIpc) is 3.20. The van der Waals surface area contributed by atoms with Gasteiger partial charge >= 0.3 is 0 Å². The summed E-state index contributed by atoms with van der Waals surface area (Å²) >= 11 is 1.35. The molecule has 0 N–H and O–H groups in total. The predicted molar refractivity (Wildman–Crippen MR) is 113 cm³/mol. The molecule has 0 aliphatic heterocycles. The van der Waals surface area contributed by atoms with Crippen molar-refractivity contribution < 1.29 is 18.7 Å². The number of hydrogen-bond donors (Lipinski definition) is 0. The van der Waals surface area contributed by atoms with Gasteiger partial charge in [0.1, 0.15) is 10.6 Å². The maximum Gasteiger partial charge on any atom is 0.263 e. The van der Waals surface area contributed by atoms with Crippen molar-refractivity contribution in [2.24, 2.45) is 0 Å². The standard InChI is InChI=1S/C22H17FN2O4S/c1-28-18-8-5-14(9-19(18)29-2)16-11-30-21-20(16)22(27)25(12-24-21)10-17(26)13-3-6-15(23)7-4-13/h3-9,11-12H,10H2,1-2H3. The maximum atomic E-state index is 13.1. The number of Topliss-reactive ketones (excluding diaryl/α,β-unsaturated/α-hetero) is 1. The number of fused-ring (bicyclic) bond motifs is 1. The van der Waals surface area contributed by atoms with E-state index in [-0.39, 0.29) is 17.9 Å². The Hall–Kier alpha value is -3.52. The third-order valence-corrected chi connectivity index (χ3v) is 5.62. The van der Waals surface area contributed by atoms with Crippen LogP contribution in [0.4, 0.5) is 4.39 Å². The number of methoxy groups -OCH3 is 2. The second-order valence-corrected chi connectivity index (χ2v) is 7.37. The molecule has 2 aromatic carbocycles. The van der Waals surface area contributed by atoms with Crippen LogP contribution >= 0.6 is 11.3 Å². The molecule has 0 saturated heterocycles. The molecule has 2 aromatic heterocycles. The normalized spacial score (nSPS) is 10.9. The number of ketones is 1. The zero-order valence-corrected chi connectivity index (χ0v) is 17.0. The van der Waals surface area contributed by atoms with E-state index in [9.17, 15) is 14.0 Å². The minimum atomic E-state index is -0.426. The van der Waals surface area contributed by atoms with Gasteiger partial charge in [-0.1, -0.05) is 6.07 Å². The van der Waals surface area contributed by atoms with Crippen LogP contribution in [0.3, 0.4) is 0 Å². The van der Waals surface area contributed by atoms with E-state index in [1.54, 1.807) is 26.4 Å². The highest BCUT2D eigenvalue weighted by Gasteiger charge is 2.17. The summed E-state index contributed by atoms with van der Waals surface area (Å²) in [6, 6.07) is 10.6. The summed E-state index contributed by atoms with van der Waals surface area (Å²) in [7, 11) is 3.10. The Labute approximate surface area is 175 Å². The van der Waals surface area contributed by atoms with Crippen molar-refractivity contribution >= 4 is 27.3 Å². The Morgan fingerprint density at radius 2 is 1.83 bits per heavy atom. The van der Waals surface area contributed by atoms with Gasteiger partial charge < -0.3 is 9.47 Å².